The van der Waals surface area contributed by atoms with Crippen LogP contribution < -0.4 is 0 Å². The fraction of sp³-hybridized carbons (Fsp3) is 0.182. The van der Waals surface area contributed by atoms with Crippen molar-refractivity contribution >= 4 is 5.78 Å². The molecule has 76 valence electrons. The number of aromatic nitrogens is 3. The van der Waals surface area contributed by atoms with Crippen LogP contribution in [0.1, 0.15) is 23.7 Å². The van der Waals surface area contributed by atoms with Crippen LogP contribution in [0, 0.1) is 0 Å². The average Bonchev–Trinajstić information content (AvgIpc) is 2.81. The van der Waals surface area contributed by atoms with Gasteiger partial charge in [-0.3, -0.25) is 4.79 Å². The molecule has 1 aromatic carbocycles. The molecule has 0 fully saturated rings. The van der Waals surface area contributed by atoms with Gasteiger partial charge in [0.25, 0.3) is 0 Å². The smallest absolute Gasteiger partial charge is 0.164 e. The Morgan fingerprint density at radius 2 is 1.93 bits per heavy atom. The molecule has 1 heterocycles. The van der Waals surface area contributed by atoms with Crippen molar-refractivity contribution < 1.29 is 4.79 Å². The SMILES string of the molecule is CCC(=O)c1ccccc1-n1nccn1. The Morgan fingerprint density at radius 1 is 1.27 bits per heavy atom. The fourth-order valence-electron chi connectivity index (χ4n) is 1.41. The summed E-state index contributed by atoms with van der Waals surface area (Å²) in [5, 5.41) is 8.03. The second kappa shape index (κ2) is 4.04. The maximum Gasteiger partial charge on any atom is 0.164 e. The highest BCUT2D eigenvalue weighted by Gasteiger charge is 2.10. The van der Waals surface area contributed by atoms with Crippen molar-refractivity contribution in [2.75, 3.05) is 0 Å². The summed E-state index contributed by atoms with van der Waals surface area (Å²) in [4.78, 5) is 13.1. The van der Waals surface area contributed by atoms with Crippen molar-refractivity contribution in [1.29, 1.82) is 0 Å². The minimum absolute atomic E-state index is 0.0999. The Morgan fingerprint density at radius 3 is 2.60 bits per heavy atom. The Balaban J connectivity index is 2.52. The summed E-state index contributed by atoms with van der Waals surface area (Å²) in [5.74, 6) is 0.0999. The van der Waals surface area contributed by atoms with Crippen molar-refractivity contribution in [3.05, 3.63) is 42.2 Å². The van der Waals surface area contributed by atoms with Crippen molar-refractivity contribution in [1.82, 2.24) is 15.0 Å². The highest BCUT2D eigenvalue weighted by Crippen LogP contribution is 2.13. The van der Waals surface area contributed by atoms with E-state index < -0.39 is 0 Å². The van der Waals surface area contributed by atoms with E-state index in [1.54, 1.807) is 18.5 Å². The molecular weight excluding hydrogens is 190 g/mol. The van der Waals surface area contributed by atoms with E-state index in [-0.39, 0.29) is 5.78 Å². The van der Waals surface area contributed by atoms with E-state index in [9.17, 15) is 4.79 Å². The van der Waals surface area contributed by atoms with Gasteiger partial charge in [-0.15, -0.1) is 0 Å². The summed E-state index contributed by atoms with van der Waals surface area (Å²) < 4.78 is 0. The molecule has 0 bridgehead atoms. The van der Waals surface area contributed by atoms with Gasteiger partial charge in [-0.2, -0.15) is 15.0 Å². The van der Waals surface area contributed by atoms with Crippen molar-refractivity contribution in [2.24, 2.45) is 0 Å². The third-order valence-electron chi connectivity index (χ3n) is 2.16. The van der Waals surface area contributed by atoms with Crippen LogP contribution in [-0.2, 0) is 0 Å². The molecule has 0 amide bonds. The molecule has 15 heavy (non-hydrogen) atoms. The van der Waals surface area contributed by atoms with Crippen LogP contribution in [0.25, 0.3) is 5.69 Å². The van der Waals surface area contributed by atoms with E-state index in [0.717, 1.165) is 5.69 Å². The topological polar surface area (TPSA) is 47.8 Å². The highest BCUT2D eigenvalue weighted by molar-refractivity contribution is 5.99. The fourth-order valence-corrected chi connectivity index (χ4v) is 1.41. The number of Topliss-reactive ketones (excluding diaryl/α,β-unsaturated/α-hetero) is 1. The molecule has 1 aromatic heterocycles. The summed E-state index contributed by atoms with van der Waals surface area (Å²) in [7, 11) is 0. The molecule has 4 heteroatoms. The highest BCUT2D eigenvalue weighted by atomic mass is 16.1. The number of nitrogens with zero attached hydrogens (tertiary/aromatic N) is 3. The zero-order chi connectivity index (χ0) is 10.7. The predicted octanol–water partition coefficient (Wildman–Crippen LogP) is 1.86. The molecule has 0 radical (unpaired) electrons. The number of carbonyl (C=O) groups is 1. The molecule has 0 aliphatic rings. The van der Waals surface area contributed by atoms with Gasteiger partial charge < -0.3 is 0 Å². The Hall–Kier alpha value is -1.97. The number of benzene rings is 1. The lowest BCUT2D eigenvalue weighted by molar-refractivity contribution is 0.0988. The summed E-state index contributed by atoms with van der Waals surface area (Å²) in [6, 6.07) is 7.34. The van der Waals surface area contributed by atoms with E-state index in [0.29, 0.717) is 12.0 Å². The van der Waals surface area contributed by atoms with Gasteiger partial charge in [0.1, 0.15) is 0 Å². The van der Waals surface area contributed by atoms with E-state index in [1.165, 1.54) is 4.80 Å². The lowest BCUT2D eigenvalue weighted by atomic mass is 10.1. The van der Waals surface area contributed by atoms with Gasteiger partial charge in [0.15, 0.2) is 5.78 Å². The minimum Gasteiger partial charge on any atom is -0.294 e. The molecule has 0 atom stereocenters. The second-order valence-electron chi connectivity index (χ2n) is 3.11. The quantitative estimate of drug-likeness (QED) is 0.712. The van der Waals surface area contributed by atoms with E-state index >= 15 is 0 Å². The maximum absolute atomic E-state index is 11.7. The van der Waals surface area contributed by atoms with Gasteiger partial charge in [0, 0.05) is 12.0 Å². The van der Waals surface area contributed by atoms with Crippen LogP contribution in [0.5, 0.6) is 0 Å². The molecule has 4 nitrogen and oxygen atoms in total. The molecular formula is C11H11N3O. The lowest BCUT2D eigenvalue weighted by Crippen LogP contribution is -2.07. The van der Waals surface area contributed by atoms with Gasteiger partial charge in [0.2, 0.25) is 0 Å². The molecule has 2 rings (SSSR count). The van der Waals surface area contributed by atoms with Crippen LogP contribution >= 0.6 is 0 Å². The Kier molecular flexibility index (Phi) is 2.58. The summed E-state index contributed by atoms with van der Waals surface area (Å²) >= 11 is 0. The largest absolute Gasteiger partial charge is 0.294 e. The van der Waals surface area contributed by atoms with Gasteiger partial charge in [-0.1, -0.05) is 19.1 Å². The predicted molar refractivity (Wildman–Crippen MR) is 56.0 cm³/mol. The summed E-state index contributed by atoms with van der Waals surface area (Å²) in [5.41, 5.74) is 1.39. The average molecular weight is 201 g/mol. The molecule has 0 unspecified atom stereocenters. The van der Waals surface area contributed by atoms with Gasteiger partial charge in [-0.25, -0.2) is 0 Å². The van der Waals surface area contributed by atoms with Gasteiger partial charge >= 0.3 is 0 Å². The molecule has 0 aliphatic heterocycles. The van der Waals surface area contributed by atoms with Crippen molar-refractivity contribution in [2.45, 2.75) is 13.3 Å². The van der Waals surface area contributed by atoms with Crippen LogP contribution in [0.2, 0.25) is 0 Å². The third-order valence-corrected chi connectivity index (χ3v) is 2.16. The first-order valence-electron chi connectivity index (χ1n) is 4.82. The van der Waals surface area contributed by atoms with Crippen LogP contribution in [0.15, 0.2) is 36.7 Å². The number of carbonyl (C=O) groups excluding carboxylic acids is 1. The Bertz CT molecular complexity index is 462. The first-order chi connectivity index (χ1) is 7.33. The normalized spacial score (nSPS) is 10.2. The zero-order valence-electron chi connectivity index (χ0n) is 8.42. The standard InChI is InChI=1S/C11H11N3O/c1-2-11(15)9-5-3-4-6-10(9)14-12-7-8-13-14/h3-8H,2H2,1H3. The molecule has 0 N–H and O–H groups in total. The van der Waals surface area contributed by atoms with Crippen LogP contribution in [0.4, 0.5) is 0 Å². The first-order valence-corrected chi connectivity index (χ1v) is 4.82. The molecule has 2 aromatic rings. The lowest BCUT2D eigenvalue weighted by Gasteiger charge is -2.05. The van der Waals surface area contributed by atoms with Gasteiger partial charge in [-0.05, 0) is 12.1 Å². The second-order valence-corrected chi connectivity index (χ2v) is 3.11. The Labute approximate surface area is 87.5 Å². The molecule has 0 saturated heterocycles. The number of rotatable bonds is 3. The monoisotopic (exact) mass is 201 g/mol. The van der Waals surface area contributed by atoms with Crippen LogP contribution in [-0.4, -0.2) is 20.8 Å². The minimum atomic E-state index is 0.0999. The van der Waals surface area contributed by atoms with Crippen LogP contribution in [0.3, 0.4) is 0 Å². The summed E-state index contributed by atoms with van der Waals surface area (Å²) in [6.07, 6.45) is 3.67. The molecule has 0 spiro atoms. The van der Waals surface area contributed by atoms with E-state index in [4.69, 9.17) is 0 Å². The number of ketones is 1. The molecule has 0 aliphatic carbocycles. The maximum atomic E-state index is 11.7. The van der Waals surface area contributed by atoms with E-state index in [1.807, 2.05) is 25.1 Å². The third kappa shape index (κ3) is 1.79. The van der Waals surface area contributed by atoms with E-state index in [2.05, 4.69) is 10.2 Å². The molecule has 0 saturated carbocycles. The van der Waals surface area contributed by atoms with Crippen molar-refractivity contribution in [3.8, 4) is 5.69 Å². The number of para-hydroxylation sites is 1. The first kappa shape index (κ1) is 9.58. The van der Waals surface area contributed by atoms with Gasteiger partial charge in [0.05, 0.1) is 18.1 Å². The summed E-state index contributed by atoms with van der Waals surface area (Å²) in [6.45, 7) is 1.84. The van der Waals surface area contributed by atoms with Crippen molar-refractivity contribution in [3.63, 3.8) is 0 Å². The number of hydrogen-bond donors (Lipinski definition) is 0. The number of hydrogen-bond acceptors (Lipinski definition) is 3. The zero-order valence-corrected chi connectivity index (χ0v) is 8.42.